The van der Waals surface area contributed by atoms with E-state index in [2.05, 4.69) is 4.98 Å². The van der Waals surface area contributed by atoms with Crippen LogP contribution in [-0.4, -0.2) is 23.3 Å². The molecule has 10 heteroatoms. The minimum atomic E-state index is -6.78. The molecule has 0 saturated carbocycles. The van der Waals surface area contributed by atoms with Gasteiger partial charge in [-0.3, -0.25) is 4.98 Å². The Morgan fingerprint density at radius 1 is 0.778 bits per heavy atom. The second-order valence-electron chi connectivity index (χ2n) is 5.95. The summed E-state index contributed by atoms with van der Waals surface area (Å²) in [7, 11) is 0. The van der Waals surface area contributed by atoms with E-state index in [1.54, 1.807) is 0 Å². The number of pyridine rings is 1. The van der Waals surface area contributed by atoms with Crippen LogP contribution in [-0.2, 0) is 5.67 Å². The largest absolute Gasteiger partial charge is 0.457 e. The van der Waals surface area contributed by atoms with E-state index in [0.717, 1.165) is 19.2 Å². The predicted octanol–water partition coefficient (Wildman–Crippen LogP) is 6.29. The van der Waals surface area contributed by atoms with E-state index >= 15 is 0 Å². The van der Waals surface area contributed by atoms with Crippen molar-refractivity contribution < 1.29 is 39.5 Å². The van der Waals surface area contributed by atoms with Gasteiger partial charge < -0.3 is 0 Å². The minimum Gasteiger partial charge on any atom is -0.256 e. The van der Waals surface area contributed by atoms with Gasteiger partial charge in [0.15, 0.2) is 0 Å². The van der Waals surface area contributed by atoms with Crippen molar-refractivity contribution in [1.82, 2.24) is 4.98 Å². The van der Waals surface area contributed by atoms with E-state index in [-0.39, 0.29) is 16.8 Å². The van der Waals surface area contributed by atoms with Gasteiger partial charge >= 0.3 is 23.9 Å². The molecule has 0 N–H and O–H groups in total. The number of aromatic nitrogens is 1. The first-order valence-corrected chi connectivity index (χ1v) is 7.38. The van der Waals surface area contributed by atoms with Gasteiger partial charge in [-0.25, -0.2) is 4.39 Å². The maximum Gasteiger partial charge on any atom is 0.457 e. The van der Waals surface area contributed by atoms with Crippen molar-refractivity contribution in [2.75, 3.05) is 0 Å². The molecular formula is C17H12F9N. The fraction of sp³-hybridized carbons (Fsp3) is 0.353. The minimum absolute atomic E-state index is 0.119. The summed E-state index contributed by atoms with van der Waals surface area (Å²) in [4.78, 5) is 3.68. The lowest BCUT2D eigenvalue weighted by Crippen LogP contribution is -2.60. The molecule has 1 atom stereocenters. The van der Waals surface area contributed by atoms with Crippen molar-refractivity contribution in [2.24, 2.45) is 0 Å². The molecule has 1 aromatic heterocycles. The standard InChI is InChI=1S/C17H12F9N/c1-9-7-10(2)13(12-5-3-4-6-27-12)11(8-9)14(18,16(21,22)23)15(19,20)17(24,25)26/h3-8H,1-2H3. The number of rotatable bonds is 3. The van der Waals surface area contributed by atoms with Gasteiger partial charge in [-0.1, -0.05) is 23.8 Å². The molecule has 1 unspecified atom stereocenters. The Morgan fingerprint density at radius 2 is 1.37 bits per heavy atom. The van der Waals surface area contributed by atoms with Gasteiger partial charge in [-0.15, -0.1) is 0 Å². The molecule has 0 radical (unpaired) electrons. The Kier molecular flexibility index (Phi) is 5.00. The molecule has 1 heterocycles. The summed E-state index contributed by atoms with van der Waals surface area (Å²) < 4.78 is 121. The lowest BCUT2D eigenvalue weighted by molar-refractivity contribution is -0.389. The first kappa shape index (κ1) is 21.0. The molecule has 148 valence electrons. The third-order valence-corrected chi connectivity index (χ3v) is 3.95. The van der Waals surface area contributed by atoms with Crippen molar-refractivity contribution >= 4 is 0 Å². The Bertz CT molecular complexity index is 825. The summed E-state index contributed by atoms with van der Waals surface area (Å²) in [6.07, 6.45) is -12.3. The van der Waals surface area contributed by atoms with Crippen molar-refractivity contribution in [1.29, 1.82) is 0 Å². The van der Waals surface area contributed by atoms with E-state index in [1.165, 1.54) is 25.1 Å². The van der Waals surface area contributed by atoms with Crippen LogP contribution >= 0.6 is 0 Å². The van der Waals surface area contributed by atoms with Crippen LogP contribution in [0.25, 0.3) is 11.3 Å². The second-order valence-corrected chi connectivity index (χ2v) is 5.95. The normalized spacial score (nSPS) is 15.5. The number of hydrogen-bond donors (Lipinski definition) is 0. The maximum absolute atomic E-state index is 15.0. The second kappa shape index (κ2) is 6.42. The van der Waals surface area contributed by atoms with Crippen LogP contribution in [0.4, 0.5) is 39.5 Å². The Labute approximate surface area is 147 Å². The third-order valence-electron chi connectivity index (χ3n) is 3.95. The lowest BCUT2D eigenvalue weighted by atomic mass is 9.81. The van der Waals surface area contributed by atoms with Crippen LogP contribution in [0.2, 0.25) is 0 Å². The highest BCUT2D eigenvalue weighted by atomic mass is 19.4. The summed E-state index contributed by atoms with van der Waals surface area (Å²) in [5.74, 6) is -6.73. The van der Waals surface area contributed by atoms with Gasteiger partial charge in [0.25, 0.3) is 0 Å². The lowest BCUT2D eigenvalue weighted by Gasteiger charge is -2.37. The summed E-state index contributed by atoms with van der Waals surface area (Å²) in [5, 5.41) is 0. The van der Waals surface area contributed by atoms with Crippen molar-refractivity contribution in [3.63, 3.8) is 0 Å². The molecule has 0 amide bonds. The van der Waals surface area contributed by atoms with Crippen LogP contribution in [0.5, 0.6) is 0 Å². The molecule has 2 rings (SSSR count). The Balaban J connectivity index is 2.99. The predicted molar refractivity (Wildman–Crippen MR) is 79.0 cm³/mol. The van der Waals surface area contributed by atoms with Crippen LogP contribution < -0.4 is 0 Å². The van der Waals surface area contributed by atoms with Gasteiger partial charge in [0.2, 0.25) is 0 Å². The molecule has 27 heavy (non-hydrogen) atoms. The monoisotopic (exact) mass is 401 g/mol. The van der Waals surface area contributed by atoms with Crippen LogP contribution in [0.3, 0.4) is 0 Å². The molecule has 0 spiro atoms. The average Bonchev–Trinajstić information content (AvgIpc) is 2.51. The van der Waals surface area contributed by atoms with Crippen LogP contribution in [0, 0.1) is 13.8 Å². The summed E-state index contributed by atoms with van der Waals surface area (Å²) in [5.41, 5.74) is -9.24. The smallest absolute Gasteiger partial charge is 0.256 e. The molecule has 2 aromatic rings. The Morgan fingerprint density at radius 3 is 1.81 bits per heavy atom. The van der Waals surface area contributed by atoms with Gasteiger partial charge in [0, 0.05) is 17.3 Å². The highest BCUT2D eigenvalue weighted by Crippen LogP contribution is 2.59. The van der Waals surface area contributed by atoms with E-state index in [1.807, 2.05) is 0 Å². The van der Waals surface area contributed by atoms with Crippen molar-refractivity contribution in [3.8, 4) is 11.3 Å². The quantitative estimate of drug-likeness (QED) is 0.551. The highest BCUT2D eigenvalue weighted by molar-refractivity contribution is 5.70. The highest BCUT2D eigenvalue weighted by Gasteiger charge is 2.82. The van der Waals surface area contributed by atoms with Gasteiger partial charge in [0.1, 0.15) is 0 Å². The molecule has 0 aliphatic heterocycles. The average molecular weight is 401 g/mol. The summed E-state index contributed by atoms with van der Waals surface area (Å²) in [6.45, 7) is 2.32. The van der Waals surface area contributed by atoms with Crippen molar-refractivity contribution in [3.05, 3.63) is 53.2 Å². The van der Waals surface area contributed by atoms with E-state index < -0.39 is 35.1 Å². The SMILES string of the molecule is Cc1cc(C)c(-c2ccccn2)c(C(F)(C(F)(F)F)C(F)(F)C(F)(F)F)c1. The number of hydrogen-bond acceptors (Lipinski definition) is 1. The Hall–Kier alpha value is -2.26. The number of halogens is 9. The molecular weight excluding hydrogens is 389 g/mol. The molecule has 0 fully saturated rings. The number of alkyl halides is 9. The summed E-state index contributed by atoms with van der Waals surface area (Å²) in [6, 6.07) is 5.29. The molecule has 0 saturated heterocycles. The topological polar surface area (TPSA) is 12.9 Å². The van der Waals surface area contributed by atoms with Gasteiger partial charge in [0.05, 0.1) is 5.69 Å². The van der Waals surface area contributed by atoms with Gasteiger partial charge in [-0.05, 0) is 31.5 Å². The zero-order chi connectivity index (χ0) is 20.8. The molecule has 1 nitrogen and oxygen atoms in total. The molecule has 0 aliphatic carbocycles. The molecule has 0 bridgehead atoms. The molecule has 1 aromatic carbocycles. The van der Waals surface area contributed by atoms with E-state index in [4.69, 9.17) is 0 Å². The zero-order valence-corrected chi connectivity index (χ0v) is 13.8. The van der Waals surface area contributed by atoms with Gasteiger partial charge in [-0.2, -0.15) is 35.1 Å². The first-order valence-electron chi connectivity index (χ1n) is 7.38. The first-order chi connectivity index (χ1) is 12.1. The number of benzene rings is 1. The summed E-state index contributed by atoms with van der Waals surface area (Å²) >= 11 is 0. The fourth-order valence-electron chi connectivity index (χ4n) is 2.79. The van der Waals surface area contributed by atoms with Crippen LogP contribution in [0.1, 0.15) is 16.7 Å². The van der Waals surface area contributed by atoms with Crippen molar-refractivity contribution in [2.45, 2.75) is 37.8 Å². The number of nitrogens with zero attached hydrogens (tertiary/aromatic N) is 1. The number of aryl methyl sites for hydroxylation is 2. The maximum atomic E-state index is 15.0. The zero-order valence-electron chi connectivity index (χ0n) is 13.8. The fourth-order valence-corrected chi connectivity index (χ4v) is 2.79. The van der Waals surface area contributed by atoms with E-state index in [0.29, 0.717) is 6.07 Å². The van der Waals surface area contributed by atoms with Crippen LogP contribution in [0.15, 0.2) is 36.5 Å². The van der Waals surface area contributed by atoms with E-state index in [9.17, 15) is 39.5 Å². The molecule has 0 aliphatic rings. The third kappa shape index (κ3) is 3.25.